The zero-order valence-corrected chi connectivity index (χ0v) is 13.0. The van der Waals surface area contributed by atoms with Gasteiger partial charge in [0.2, 0.25) is 0 Å². The van der Waals surface area contributed by atoms with Gasteiger partial charge >= 0.3 is 11.9 Å². The van der Waals surface area contributed by atoms with Crippen LogP contribution >= 0.6 is 0 Å². The van der Waals surface area contributed by atoms with Crippen LogP contribution in [0.25, 0.3) is 0 Å². The molecule has 4 atom stereocenters. The van der Waals surface area contributed by atoms with Crippen molar-refractivity contribution in [2.45, 2.75) is 76.6 Å². The highest BCUT2D eigenvalue weighted by molar-refractivity contribution is 5.77. The Morgan fingerprint density at radius 1 is 1.38 bits per heavy atom. The predicted molar refractivity (Wildman–Crippen MR) is 74.3 cm³/mol. The lowest BCUT2D eigenvalue weighted by molar-refractivity contribution is -0.202. The molecule has 2 heterocycles. The summed E-state index contributed by atoms with van der Waals surface area (Å²) in [4.78, 5) is 24.5. The second-order valence-electron chi connectivity index (χ2n) is 7.78. The minimum absolute atomic E-state index is 0.247. The molecule has 5 nitrogen and oxygen atoms in total. The third kappa shape index (κ3) is 2.45. The summed E-state index contributed by atoms with van der Waals surface area (Å²) in [5, 5.41) is 10.7. The second kappa shape index (κ2) is 4.45. The van der Waals surface area contributed by atoms with Crippen molar-refractivity contribution in [2.24, 2.45) is 11.3 Å². The van der Waals surface area contributed by atoms with E-state index < -0.39 is 16.6 Å². The zero-order valence-electron chi connectivity index (χ0n) is 13.0. The molecule has 4 fully saturated rings. The quantitative estimate of drug-likeness (QED) is 0.806. The zero-order chi connectivity index (χ0) is 15.5. The third-order valence-corrected chi connectivity index (χ3v) is 5.47. The van der Waals surface area contributed by atoms with Gasteiger partial charge in [0.25, 0.3) is 0 Å². The molecule has 0 radical (unpaired) electrons. The highest BCUT2D eigenvalue weighted by Crippen LogP contribution is 2.53. The Balaban J connectivity index is 1.88. The Morgan fingerprint density at radius 2 is 2.10 bits per heavy atom. The normalized spacial score (nSPS) is 41.6. The van der Waals surface area contributed by atoms with Crippen molar-refractivity contribution in [1.82, 2.24) is 0 Å². The van der Waals surface area contributed by atoms with Gasteiger partial charge in [0, 0.05) is 25.7 Å². The molecule has 0 spiro atoms. The average Bonchev–Trinajstić information content (AvgIpc) is 2.49. The Kier molecular flexibility index (Phi) is 3.14. The number of aliphatic hydroxyl groups is 1. The Hall–Kier alpha value is -1.10. The molecule has 2 aliphatic carbocycles. The number of ether oxygens (including phenoxy) is 2. The van der Waals surface area contributed by atoms with Crippen LogP contribution in [0.1, 0.15) is 59.3 Å². The van der Waals surface area contributed by atoms with Crippen LogP contribution < -0.4 is 0 Å². The van der Waals surface area contributed by atoms with E-state index in [-0.39, 0.29) is 24.0 Å². The number of rotatable bonds is 3. The summed E-state index contributed by atoms with van der Waals surface area (Å²) < 4.78 is 11.3. The summed E-state index contributed by atoms with van der Waals surface area (Å²) in [5.74, 6) is -0.847. The summed E-state index contributed by atoms with van der Waals surface area (Å²) in [5.41, 5.74) is -2.23. The van der Waals surface area contributed by atoms with Crippen molar-refractivity contribution in [2.75, 3.05) is 0 Å². The molecule has 21 heavy (non-hydrogen) atoms. The topological polar surface area (TPSA) is 72.8 Å². The van der Waals surface area contributed by atoms with Gasteiger partial charge in [-0.1, -0.05) is 6.92 Å². The molecule has 4 bridgehead atoms. The van der Waals surface area contributed by atoms with Crippen molar-refractivity contribution in [1.29, 1.82) is 0 Å². The van der Waals surface area contributed by atoms with Crippen molar-refractivity contribution in [3.8, 4) is 0 Å². The summed E-state index contributed by atoms with van der Waals surface area (Å²) in [6.07, 6.45) is 2.68. The highest BCUT2D eigenvalue weighted by Gasteiger charge is 2.60. The van der Waals surface area contributed by atoms with Gasteiger partial charge in [-0.2, -0.15) is 0 Å². The first-order valence-corrected chi connectivity index (χ1v) is 7.83. The van der Waals surface area contributed by atoms with E-state index in [9.17, 15) is 14.7 Å². The number of esters is 2. The van der Waals surface area contributed by atoms with Crippen LogP contribution in [-0.4, -0.2) is 34.4 Å². The fourth-order valence-corrected chi connectivity index (χ4v) is 4.05. The van der Waals surface area contributed by atoms with Crippen LogP contribution in [-0.2, 0) is 19.1 Å². The van der Waals surface area contributed by atoms with Crippen molar-refractivity contribution >= 4 is 11.9 Å². The molecule has 0 aromatic heterocycles. The van der Waals surface area contributed by atoms with Gasteiger partial charge in [0.15, 0.2) is 0 Å². The highest BCUT2D eigenvalue weighted by atomic mass is 16.6. The predicted octanol–water partition coefficient (Wildman–Crippen LogP) is 1.95. The number of hydrogen-bond donors (Lipinski definition) is 1. The van der Waals surface area contributed by atoms with E-state index in [1.807, 2.05) is 20.8 Å². The maximum Gasteiger partial charge on any atom is 0.312 e. The first-order valence-electron chi connectivity index (χ1n) is 7.83. The van der Waals surface area contributed by atoms with E-state index in [0.717, 1.165) is 0 Å². The van der Waals surface area contributed by atoms with Crippen LogP contribution in [0.4, 0.5) is 0 Å². The van der Waals surface area contributed by atoms with Gasteiger partial charge in [-0.25, -0.2) is 0 Å². The van der Waals surface area contributed by atoms with Gasteiger partial charge in [0.1, 0.15) is 11.7 Å². The van der Waals surface area contributed by atoms with E-state index in [2.05, 4.69) is 0 Å². The maximum absolute atomic E-state index is 12.4. The van der Waals surface area contributed by atoms with E-state index in [4.69, 9.17) is 9.47 Å². The second-order valence-corrected chi connectivity index (χ2v) is 7.78. The number of hydrogen-bond acceptors (Lipinski definition) is 5. The van der Waals surface area contributed by atoms with E-state index in [0.29, 0.717) is 38.5 Å². The lowest BCUT2D eigenvalue weighted by Crippen LogP contribution is -2.57. The van der Waals surface area contributed by atoms with Crippen LogP contribution in [0.3, 0.4) is 0 Å². The molecule has 2 aliphatic heterocycles. The molecule has 2 saturated carbocycles. The van der Waals surface area contributed by atoms with Crippen LogP contribution in [0.2, 0.25) is 0 Å². The summed E-state index contributed by atoms with van der Waals surface area (Å²) in [6, 6.07) is 0. The molecular weight excluding hydrogens is 272 g/mol. The molecule has 0 amide bonds. The lowest BCUT2D eigenvalue weighted by Gasteiger charge is -2.50. The van der Waals surface area contributed by atoms with Crippen molar-refractivity contribution in [3.05, 3.63) is 0 Å². The standard InChI is InChI=1S/C16H24O5/c1-4-14(2,3)13(18)21-16-6-10-5-15(19,9-16)7-11(8-16)20-12(10)17/h10-11,19H,4-9H2,1-3H3. The van der Waals surface area contributed by atoms with Crippen molar-refractivity contribution < 1.29 is 24.2 Å². The molecule has 0 aromatic carbocycles. The number of carbonyl (C=O) groups excluding carboxylic acids is 2. The van der Waals surface area contributed by atoms with E-state index in [1.54, 1.807) is 0 Å². The van der Waals surface area contributed by atoms with Gasteiger partial charge in [-0.05, 0) is 26.7 Å². The largest absolute Gasteiger partial charge is 0.462 e. The van der Waals surface area contributed by atoms with Crippen molar-refractivity contribution in [3.63, 3.8) is 0 Å². The number of fused-ring (bicyclic) bond motifs is 1. The van der Waals surface area contributed by atoms with Crippen LogP contribution in [0.15, 0.2) is 0 Å². The molecule has 4 rings (SSSR count). The SMILES string of the molecule is CCC(C)(C)C(=O)OC12CC3CC(O)(CC(C1)C(=O)O3)C2. The monoisotopic (exact) mass is 296 g/mol. The Morgan fingerprint density at radius 3 is 2.76 bits per heavy atom. The lowest BCUT2D eigenvalue weighted by atomic mass is 9.62. The van der Waals surface area contributed by atoms with E-state index >= 15 is 0 Å². The third-order valence-electron chi connectivity index (χ3n) is 5.47. The Bertz CT molecular complexity index is 485. The minimum Gasteiger partial charge on any atom is -0.462 e. The number of carbonyl (C=O) groups is 2. The first kappa shape index (κ1) is 14.8. The minimum atomic E-state index is -0.936. The molecule has 0 aromatic rings. The molecule has 4 unspecified atom stereocenters. The van der Waals surface area contributed by atoms with Gasteiger partial charge in [-0.15, -0.1) is 0 Å². The molecule has 5 heteroatoms. The molecular formula is C16H24O5. The van der Waals surface area contributed by atoms with Gasteiger partial charge in [-0.3, -0.25) is 9.59 Å². The Labute approximate surface area is 125 Å². The summed E-state index contributed by atoms with van der Waals surface area (Å²) >= 11 is 0. The van der Waals surface area contributed by atoms with Crippen LogP contribution in [0.5, 0.6) is 0 Å². The molecule has 1 N–H and O–H groups in total. The average molecular weight is 296 g/mol. The van der Waals surface area contributed by atoms with Gasteiger partial charge < -0.3 is 14.6 Å². The van der Waals surface area contributed by atoms with Gasteiger partial charge in [0.05, 0.1) is 16.9 Å². The molecule has 2 saturated heterocycles. The smallest absolute Gasteiger partial charge is 0.312 e. The fourth-order valence-electron chi connectivity index (χ4n) is 4.05. The van der Waals surface area contributed by atoms with Crippen LogP contribution in [0, 0.1) is 11.3 Å². The van der Waals surface area contributed by atoms with E-state index in [1.165, 1.54) is 0 Å². The summed E-state index contributed by atoms with van der Waals surface area (Å²) in [7, 11) is 0. The molecule has 4 aliphatic rings. The maximum atomic E-state index is 12.4. The fraction of sp³-hybridized carbons (Fsp3) is 0.875. The molecule has 118 valence electrons. The summed E-state index contributed by atoms with van der Waals surface area (Å²) in [6.45, 7) is 5.67. The first-order chi connectivity index (χ1) is 9.67.